The molecule has 0 aromatic heterocycles. The SMILES string of the molecule is CCSc1ccc(CNC(=O)c2ccc(NCC(C)(C)c3ccc(OC(F)(F)F)cc3)c(NC)c2)cc1. The van der Waals surface area contributed by atoms with Crippen molar-refractivity contribution in [1.82, 2.24) is 5.32 Å². The summed E-state index contributed by atoms with van der Waals surface area (Å²) >= 11 is 1.77. The number of hydrogen-bond donors (Lipinski definition) is 3. The zero-order valence-corrected chi connectivity index (χ0v) is 22.1. The van der Waals surface area contributed by atoms with Crippen molar-refractivity contribution in [2.45, 2.75) is 44.0 Å². The van der Waals surface area contributed by atoms with Gasteiger partial charge in [0.05, 0.1) is 11.4 Å². The Labute approximate surface area is 220 Å². The van der Waals surface area contributed by atoms with E-state index >= 15 is 0 Å². The van der Waals surface area contributed by atoms with Gasteiger partial charge in [0.1, 0.15) is 5.75 Å². The molecular formula is C28H32F3N3O2S. The maximum absolute atomic E-state index is 12.7. The van der Waals surface area contributed by atoms with Crippen LogP contribution in [0, 0.1) is 0 Å². The first-order valence-corrected chi connectivity index (χ1v) is 12.9. The highest BCUT2D eigenvalue weighted by Crippen LogP contribution is 2.30. The van der Waals surface area contributed by atoms with Crippen LogP contribution < -0.4 is 20.7 Å². The smallest absolute Gasteiger partial charge is 0.406 e. The largest absolute Gasteiger partial charge is 0.573 e. The van der Waals surface area contributed by atoms with Crippen LogP contribution in [0.2, 0.25) is 0 Å². The van der Waals surface area contributed by atoms with Gasteiger partial charge in [-0.25, -0.2) is 0 Å². The van der Waals surface area contributed by atoms with E-state index in [1.54, 1.807) is 43.1 Å². The zero-order valence-electron chi connectivity index (χ0n) is 21.3. The first-order chi connectivity index (χ1) is 17.5. The summed E-state index contributed by atoms with van der Waals surface area (Å²) in [6.45, 7) is 7.05. The van der Waals surface area contributed by atoms with Crippen molar-refractivity contribution in [1.29, 1.82) is 0 Å². The van der Waals surface area contributed by atoms with Gasteiger partial charge < -0.3 is 20.7 Å². The fourth-order valence-corrected chi connectivity index (χ4v) is 4.39. The molecular weight excluding hydrogens is 499 g/mol. The van der Waals surface area contributed by atoms with Crippen LogP contribution in [-0.4, -0.2) is 31.6 Å². The number of amides is 1. The van der Waals surface area contributed by atoms with E-state index in [1.807, 2.05) is 32.0 Å². The van der Waals surface area contributed by atoms with Gasteiger partial charge in [-0.1, -0.05) is 45.0 Å². The Morgan fingerprint density at radius 1 is 0.946 bits per heavy atom. The molecule has 0 aliphatic heterocycles. The zero-order chi connectivity index (χ0) is 27.1. The lowest BCUT2D eigenvalue weighted by atomic mass is 9.84. The molecule has 3 aromatic carbocycles. The van der Waals surface area contributed by atoms with Crippen molar-refractivity contribution in [3.8, 4) is 5.75 Å². The van der Waals surface area contributed by atoms with E-state index in [2.05, 4.69) is 39.7 Å². The number of thioether (sulfide) groups is 1. The van der Waals surface area contributed by atoms with Crippen LogP contribution in [0.3, 0.4) is 0 Å². The molecule has 5 nitrogen and oxygen atoms in total. The third-order valence-corrected chi connectivity index (χ3v) is 6.72. The summed E-state index contributed by atoms with van der Waals surface area (Å²) in [5.41, 5.74) is 3.61. The molecule has 0 aliphatic rings. The fraction of sp³-hybridized carbons (Fsp3) is 0.321. The van der Waals surface area contributed by atoms with E-state index < -0.39 is 6.36 Å². The highest BCUT2D eigenvalue weighted by molar-refractivity contribution is 7.99. The second kappa shape index (κ2) is 12.3. The highest BCUT2D eigenvalue weighted by Gasteiger charge is 2.31. The molecule has 0 saturated heterocycles. The Morgan fingerprint density at radius 2 is 1.62 bits per heavy atom. The molecule has 0 radical (unpaired) electrons. The summed E-state index contributed by atoms with van der Waals surface area (Å²) in [7, 11) is 1.78. The predicted molar refractivity (Wildman–Crippen MR) is 145 cm³/mol. The molecule has 3 aromatic rings. The quantitative estimate of drug-likeness (QED) is 0.231. The molecule has 198 valence electrons. The predicted octanol–water partition coefficient (Wildman–Crippen LogP) is 7.06. The van der Waals surface area contributed by atoms with Gasteiger partial charge in [-0.3, -0.25) is 4.79 Å². The normalized spacial score (nSPS) is 11.6. The highest BCUT2D eigenvalue weighted by atomic mass is 32.2. The summed E-state index contributed by atoms with van der Waals surface area (Å²) in [5.74, 6) is 0.593. The van der Waals surface area contributed by atoms with Crippen molar-refractivity contribution < 1.29 is 22.7 Å². The van der Waals surface area contributed by atoms with Crippen LogP contribution in [0.5, 0.6) is 5.75 Å². The lowest BCUT2D eigenvalue weighted by Crippen LogP contribution is -2.28. The van der Waals surface area contributed by atoms with Gasteiger partial charge in [0.25, 0.3) is 5.91 Å². The average Bonchev–Trinajstić information content (AvgIpc) is 2.86. The Hall–Kier alpha value is -3.33. The first-order valence-electron chi connectivity index (χ1n) is 11.9. The fourth-order valence-electron chi connectivity index (χ4n) is 3.73. The number of ether oxygens (including phenoxy) is 1. The number of carbonyl (C=O) groups excluding carboxylic acids is 1. The third kappa shape index (κ3) is 8.35. The standard InChI is InChI=1S/C28H32F3N3O2S/c1-5-37-23-13-6-19(7-14-23)17-33-26(35)20-8-15-24(25(16-20)32-4)34-18-27(2,3)21-9-11-22(12-10-21)36-28(29,30)31/h6-16,32,34H,5,17-18H2,1-4H3,(H,33,35). The number of carbonyl (C=O) groups is 1. The molecule has 1 amide bonds. The van der Waals surface area contributed by atoms with Gasteiger partial charge in [0, 0.05) is 36.0 Å². The summed E-state index contributed by atoms with van der Waals surface area (Å²) < 4.78 is 41.2. The van der Waals surface area contributed by atoms with Crippen molar-refractivity contribution >= 4 is 29.0 Å². The van der Waals surface area contributed by atoms with E-state index in [1.165, 1.54) is 17.0 Å². The van der Waals surface area contributed by atoms with Crippen LogP contribution in [0.25, 0.3) is 0 Å². The summed E-state index contributed by atoms with van der Waals surface area (Å²) in [6.07, 6.45) is -4.72. The van der Waals surface area contributed by atoms with E-state index in [-0.39, 0.29) is 17.1 Å². The first kappa shape index (κ1) is 28.2. The van der Waals surface area contributed by atoms with Crippen LogP contribution in [-0.2, 0) is 12.0 Å². The van der Waals surface area contributed by atoms with Gasteiger partial charge >= 0.3 is 6.36 Å². The minimum atomic E-state index is -4.72. The van der Waals surface area contributed by atoms with Crippen molar-refractivity contribution in [3.63, 3.8) is 0 Å². The maximum Gasteiger partial charge on any atom is 0.573 e. The van der Waals surface area contributed by atoms with Crippen molar-refractivity contribution in [2.24, 2.45) is 0 Å². The molecule has 9 heteroatoms. The van der Waals surface area contributed by atoms with E-state index in [4.69, 9.17) is 0 Å². The van der Waals surface area contributed by atoms with Crippen LogP contribution >= 0.6 is 11.8 Å². The minimum Gasteiger partial charge on any atom is -0.406 e. The Kier molecular flexibility index (Phi) is 9.37. The minimum absolute atomic E-state index is 0.170. The van der Waals surface area contributed by atoms with Crippen LogP contribution in [0.4, 0.5) is 24.5 Å². The lowest BCUT2D eigenvalue weighted by molar-refractivity contribution is -0.274. The van der Waals surface area contributed by atoms with Crippen molar-refractivity contribution in [2.75, 3.05) is 30.0 Å². The van der Waals surface area contributed by atoms with Gasteiger partial charge in [-0.05, 0) is 59.3 Å². The number of anilines is 2. The molecule has 0 saturated carbocycles. The number of halogens is 3. The lowest BCUT2D eigenvalue weighted by Gasteiger charge is -2.27. The number of benzene rings is 3. The Balaban J connectivity index is 1.61. The van der Waals surface area contributed by atoms with Gasteiger partial charge in [0.15, 0.2) is 0 Å². The topological polar surface area (TPSA) is 62.4 Å². The molecule has 0 atom stereocenters. The maximum atomic E-state index is 12.7. The number of nitrogens with one attached hydrogen (secondary N) is 3. The molecule has 3 rings (SSSR count). The van der Waals surface area contributed by atoms with Gasteiger partial charge in [0.2, 0.25) is 0 Å². The van der Waals surface area contributed by atoms with E-state index in [9.17, 15) is 18.0 Å². The number of hydrogen-bond acceptors (Lipinski definition) is 5. The molecule has 0 fully saturated rings. The molecule has 3 N–H and O–H groups in total. The summed E-state index contributed by atoms with van der Waals surface area (Å²) in [4.78, 5) is 13.9. The monoisotopic (exact) mass is 531 g/mol. The molecule has 0 unspecified atom stereocenters. The Bertz CT molecular complexity index is 1180. The van der Waals surface area contributed by atoms with E-state index in [0.29, 0.717) is 18.7 Å². The van der Waals surface area contributed by atoms with Crippen LogP contribution in [0.1, 0.15) is 42.3 Å². The van der Waals surface area contributed by atoms with E-state index in [0.717, 1.165) is 28.3 Å². The molecule has 0 aliphatic carbocycles. The number of alkyl halides is 3. The molecule has 0 heterocycles. The summed E-state index contributed by atoms with van der Waals surface area (Å²) in [5, 5.41) is 9.47. The molecule has 37 heavy (non-hydrogen) atoms. The average molecular weight is 532 g/mol. The van der Waals surface area contributed by atoms with Gasteiger partial charge in [-0.15, -0.1) is 24.9 Å². The second-order valence-corrected chi connectivity index (χ2v) is 10.4. The Morgan fingerprint density at radius 3 is 2.22 bits per heavy atom. The second-order valence-electron chi connectivity index (χ2n) is 9.08. The third-order valence-electron chi connectivity index (χ3n) is 5.83. The van der Waals surface area contributed by atoms with Crippen molar-refractivity contribution in [3.05, 3.63) is 83.4 Å². The number of rotatable bonds is 11. The molecule has 0 spiro atoms. The van der Waals surface area contributed by atoms with Crippen LogP contribution in [0.15, 0.2) is 71.6 Å². The van der Waals surface area contributed by atoms with Gasteiger partial charge in [-0.2, -0.15) is 0 Å². The molecule has 0 bridgehead atoms. The summed E-state index contributed by atoms with van der Waals surface area (Å²) in [6, 6.07) is 19.4.